The van der Waals surface area contributed by atoms with Crippen molar-refractivity contribution < 1.29 is 14.3 Å². The van der Waals surface area contributed by atoms with Crippen LogP contribution in [0, 0.1) is 0 Å². The minimum Gasteiger partial charge on any atom is -0.447 e. The molecule has 26 heavy (non-hydrogen) atoms. The molecular weight excluding hydrogens is 350 g/mol. The van der Waals surface area contributed by atoms with E-state index < -0.39 is 6.09 Å². The zero-order chi connectivity index (χ0) is 18.5. The van der Waals surface area contributed by atoms with Crippen LogP contribution >= 0.6 is 11.3 Å². The van der Waals surface area contributed by atoms with Crippen molar-refractivity contribution in [3.8, 4) is 10.4 Å². The molecule has 138 valence electrons. The Morgan fingerprint density at radius 3 is 2.92 bits per heavy atom. The van der Waals surface area contributed by atoms with E-state index in [9.17, 15) is 9.59 Å². The predicted octanol–water partition coefficient (Wildman–Crippen LogP) is 3.95. The number of thiophene rings is 1. The maximum absolute atomic E-state index is 12.2. The summed E-state index contributed by atoms with van der Waals surface area (Å²) >= 11 is 1.62. The van der Waals surface area contributed by atoms with Crippen molar-refractivity contribution in [2.45, 2.75) is 32.2 Å². The van der Waals surface area contributed by atoms with Gasteiger partial charge in [0, 0.05) is 18.3 Å². The van der Waals surface area contributed by atoms with E-state index in [1.165, 1.54) is 0 Å². The molecule has 1 unspecified atom stereocenters. The van der Waals surface area contributed by atoms with Crippen molar-refractivity contribution in [2.24, 2.45) is 0 Å². The third-order valence-corrected chi connectivity index (χ3v) is 5.45. The molecule has 1 saturated heterocycles. The number of carbonyl (C=O) groups excluding carboxylic acids is 2. The monoisotopic (exact) mass is 373 g/mol. The molecule has 7 heteroatoms. The third-order valence-electron chi connectivity index (χ3n) is 4.53. The molecule has 0 spiro atoms. The van der Waals surface area contributed by atoms with Crippen molar-refractivity contribution in [1.82, 2.24) is 4.90 Å². The summed E-state index contributed by atoms with van der Waals surface area (Å²) in [6.07, 6.45) is 2.32. The summed E-state index contributed by atoms with van der Waals surface area (Å²) in [6, 6.07) is 9.46. The number of hydrogen-bond donors (Lipinski definition) is 2. The van der Waals surface area contributed by atoms with Crippen LogP contribution in [-0.2, 0) is 9.53 Å². The lowest BCUT2D eigenvalue weighted by molar-refractivity contribution is -0.133. The molecule has 1 atom stereocenters. The summed E-state index contributed by atoms with van der Waals surface area (Å²) in [4.78, 5) is 26.8. The number of piperidine rings is 1. The van der Waals surface area contributed by atoms with E-state index in [1.54, 1.807) is 29.2 Å². The van der Waals surface area contributed by atoms with E-state index in [0.717, 1.165) is 36.2 Å². The van der Waals surface area contributed by atoms with Crippen LogP contribution < -0.4 is 11.1 Å². The minimum atomic E-state index is -0.561. The summed E-state index contributed by atoms with van der Waals surface area (Å²) in [5.74, 6) is 0.0200. The smallest absolute Gasteiger partial charge is 0.411 e. The number of hydrogen-bond acceptors (Lipinski definition) is 5. The Kier molecular flexibility index (Phi) is 5.78. The van der Waals surface area contributed by atoms with Gasteiger partial charge >= 0.3 is 6.09 Å². The van der Waals surface area contributed by atoms with Crippen molar-refractivity contribution >= 4 is 34.7 Å². The number of nitrogens with two attached hydrogens (primary N) is 1. The highest BCUT2D eigenvalue weighted by molar-refractivity contribution is 7.13. The molecule has 0 radical (unpaired) electrons. The SMILES string of the molecule is CC(=O)N1CCCCC1COC(=O)Nc1cc(-c2cccs2)ccc1N. The van der Waals surface area contributed by atoms with Crippen molar-refractivity contribution in [1.29, 1.82) is 0 Å². The average Bonchev–Trinajstić information content (AvgIpc) is 3.16. The van der Waals surface area contributed by atoms with Gasteiger partial charge in [-0.05, 0) is 48.4 Å². The summed E-state index contributed by atoms with van der Waals surface area (Å²) < 4.78 is 5.35. The number of anilines is 2. The predicted molar refractivity (Wildman–Crippen MR) is 104 cm³/mol. The second-order valence-corrected chi connectivity index (χ2v) is 7.31. The van der Waals surface area contributed by atoms with E-state index in [2.05, 4.69) is 5.32 Å². The van der Waals surface area contributed by atoms with E-state index >= 15 is 0 Å². The molecule has 1 aromatic heterocycles. The fourth-order valence-electron chi connectivity index (χ4n) is 3.17. The van der Waals surface area contributed by atoms with Gasteiger partial charge in [-0.15, -0.1) is 11.3 Å². The number of nitrogens with one attached hydrogen (secondary N) is 1. The van der Waals surface area contributed by atoms with Gasteiger partial charge in [0.2, 0.25) is 5.91 Å². The van der Waals surface area contributed by atoms with Crippen LogP contribution in [0.15, 0.2) is 35.7 Å². The second kappa shape index (κ2) is 8.23. The molecule has 1 fully saturated rings. The maximum Gasteiger partial charge on any atom is 0.411 e. The van der Waals surface area contributed by atoms with Gasteiger partial charge in [0.05, 0.1) is 17.4 Å². The molecule has 0 aliphatic carbocycles. The van der Waals surface area contributed by atoms with Crippen molar-refractivity contribution in [3.63, 3.8) is 0 Å². The average molecular weight is 373 g/mol. The molecule has 2 amide bonds. The van der Waals surface area contributed by atoms with Gasteiger partial charge in [0.1, 0.15) is 6.61 Å². The molecular formula is C19H23N3O3S. The first-order chi connectivity index (χ1) is 12.5. The highest BCUT2D eigenvalue weighted by Gasteiger charge is 2.25. The first-order valence-electron chi connectivity index (χ1n) is 8.69. The number of nitrogen functional groups attached to an aromatic ring is 1. The lowest BCUT2D eigenvalue weighted by Gasteiger charge is -2.34. The van der Waals surface area contributed by atoms with Crippen LogP contribution in [0.4, 0.5) is 16.2 Å². The Morgan fingerprint density at radius 1 is 1.35 bits per heavy atom. The number of ether oxygens (including phenoxy) is 1. The van der Waals surface area contributed by atoms with Crippen LogP contribution in [0.5, 0.6) is 0 Å². The van der Waals surface area contributed by atoms with Gasteiger partial charge in [-0.25, -0.2) is 4.79 Å². The fourth-order valence-corrected chi connectivity index (χ4v) is 3.89. The normalized spacial score (nSPS) is 17.0. The molecule has 3 N–H and O–H groups in total. The Hall–Kier alpha value is -2.54. The van der Waals surface area contributed by atoms with Crippen molar-refractivity contribution in [2.75, 3.05) is 24.2 Å². The van der Waals surface area contributed by atoms with Gasteiger partial charge < -0.3 is 15.4 Å². The first kappa shape index (κ1) is 18.3. The molecule has 3 rings (SSSR count). The van der Waals surface area contributed by atoms with Gasteiger partial charge in [0.15, 0.2) is 0 Å². The number of likely N-dealkylation sites (tertiary alicyclic amines) is 1. The van der Waals surface area contributed by atoms with Crippen LogP contribution in [-0.4, -0.2) is 36.1 Å². The summed E-state index contributed by atoms with van der Waals surface area (Å²) in [5.41, 5.74) is 7.96. The Labute approximate surface area is 156 Å². The van der Waals surface area contributed by atoms with E-state index in [0.29, 0.717) is 11.4 Å². The van der Waals surface area contributed by atoms with E-state index in [1.807, 2.05) is 29.6 Å². The lowest BCUT2D eigenvalue weighted by atomic mass is 10.0. The van der Waals surface area contributed by atoms with E-state index in [4.69, 9.17) is 10.5 Å². The number of amides is 2. The fraction of sp³-hybridized carbons (Fsp3) is 0.368. The Balaban J connectivity index is 1.61. The van der Waals surface area contributed by atoms with Gasteiger partial charge in [-0.1, -0.05) is 12.1 Å². The summed E-state index contributed by atoms with van der Waals surface area (Å²) in [5, 5.41) is 4.71. The number of rotatable bonds is 4. The number of carbonyl (C=O) groups is 2. The zero-order valence-electron chi connectivity index (χ0n) is 14.7. The summed E-state index contributed by atoms with van der Waals surface area (Å²) in [6.45, 7) is 2.46. The van der Waals surface area contributed by atoms with Gasteiger partial charge in [-0.2, -0.15) is 0 Å². The van der Waals surface area contributed by atoms with Crippen molar-refractivity contribution in [3.05, 3.63) is 35.7 Å². The third kappa shape index (κ3) is 4.35. The zero-order valence-corrected chi connectivity index (χ0v) is 15.6. The minimum absolute atomic E-state index is 0.0200. The van der Waals surface area contributed by atoms with Crippen LogP contribution in [0.2, 0.25) is 0 Å². The number of nitrogens with zero attached hydrogens (tertiary/aromatic N) is 1. The van der Waals surface area contributed by atoms with E-state index in [-0.39, 0.29) is 18.6 Å². The van der Waals surface area contributed by atoms with Crippen LogP contribution in [0.3, 0.4) is 0 Å². The highest BCUT2D eigenvalue weighted by atomic mass is 32.1. The topological polar surface area (TPSA) is 84.7 Å². The van der Waals surface area contributed by atoms with Crippen LogP contribution in [0.1, 0.15) is 26.2 Å². The standard InChI is InChI=1S/C19H23N3O3S/c1-13(23)22-9-3-2-5-15(22)12-25-19(24)21-17-11-14(7-8-16(17)20)18-6-4-10-26-18/h4,6-8,10-11,15H,2-3,5,9,12,20H2,1H3,(H,21,24). The number of benzene rings is 1. The first-order valence-corrected chi connectivity index (χ1v) is 9.57. The van der Waals surface area contributed by atoms with Gasteiger partial charge in [0.25, 0.3) is 0 Å². The molecule has 0 saturated carbocycles. The quantitative estimate of drug-likeness (QED) is 0.795. The summed E-state index contributed by atoms with van der Waals surface area (Å²) in [7, 11) is 0. The Bertz CT molecular complexity index is 776. The maximum atomic E-state index is 12.2. The molecule has 1 aliphatic rings. The largest absolute Gasteiger partial charge is 0.447 e. The molecule has 1 aromatic carbocycles. The Morgan fingerprint density at radius 2 is 2.19 bits per heavy atom. The molecule has 2 heterocycles. The lowest BCUT2D eigenvalue weighted by Crippen LogP contribution is -2.45. The molecule has 6 nitrogen and oxygen atoms in total. The van der Waals surface area contributed by atoms with Gasteiger partial charge in [-0.3, -0.25) is 10.1 Å². The molecule has 2 aromatic rings. The highest BCUT2D eigenvalue weighted by Crippen LogP contribution is 2.30. The molecule has 0 bridgehead atoms. The van der Waals surface area contributed by atoms with Crippen LogP contribution in [0.25, 0.3) is 10.4 Å². The second-order valence-electron chi connectivity index (χ2n) is 6.36. The molecule has 1 aliphatic heterocycles.